The second-order valence-corrected chi connectivity index (χ2v) is 5.65. The van der Waals surface area contributed by atoms with Gasteiger partial charge in [0.1, 0.15) is 5.82 Å². The van der Waals surface area contributed by atoms with Gasteiger partial charge in [0.25, 0.3) is 0 Å². The van der Waals surface area contributed by atoms with Gasteiger partial charge in [-0.1, -0.05) is 13.0 Å². The number of rotatable bonds is 5. The number of nitrogens with zero attached hydrogens (tertiary/aromatic N) is 2. The Hall–Kier alpha value is -1.14. The fraction of sp³-hybridized carbons (Fsp3) is 0.231. The van der Waals surface area contributed by atoms with Gasteiger partial charge < -0.3 is 10.6 Å². The molecule has 0 saturated heterocycles. The van der Waals surface area contributed by atoms with E-state index < -0.39 is 0 Å². The van der Waals surface area contributed by atoms with E-state index in [1.54, 1.807) is 12.4 Å². The predicted octanol–water partition coefficient (Wildman–Crippen LogP) is 4.57. The van der Waals surface area contributed by atoms with E-state index in [1.165, 1.54) is 0 Å². The summed E-state index contributed by atoms with van der Waals surface area (Å²) in [6, 6.07) is 5.91. The molecule has 1 aromatic heterocycles. The van der Waals surface area contributed by atoms with Crippen LogP contribution in [-0.4, -0.2) is 16.5 Å². The summed E-state index contributed by atoms with van der Waals surface area (Å²) in [4.78, 5) is 8.64. The van der Waals surface area contributed by atoms with Crippen LogP contribution in [0.3, 0.4) is 0 Å². The molecule has 0 atom stereocenters. The smallest absolute Gasteiger partial charge is 0.151 e. The van der Waals surface area contributed by atoms with Crippen molar-refractivity contribution in [2.24, 2.45) is 0 Å². The van der Waals surface area contributed by atoms with Gasteiger partial charge in [0.15, 0.2) is 5.82 Å². The summed E-state index contributed by atoms with van der Waals surface area (Å²) >= 11 is 7.02. The Morgan fingerprint density at radius 2 is 1.79 bits per heavy atom. The van der Waals surface area contributed by atoms with E-state index in [4.69, 9.17) is 0 Å². The second kappa shape index (κ2) is 6.86. The molecule has 2 aromatic rings. The highest BCUT2D eigenvalue weighted by molar-refractivity contribution is 9.11. The zero-order chi connectivity index (χ0) is 13.7. The number of hydrogen-bond donors (Lipinski definition) is 2. The van der Waals surface area contributed by atoms with Gasteiger partial charge in [0, 0.05) is 15.5 Å². The monoisotopic (exact) mass is 384 g/mol. The van der Waals surface area contributed by atoms with Crippen molar-refractivity contribution in [3.63, 3.8) is 0 Å². The molecule has 19 heavy (non-hydrogen) atoms. The van der Waals surface area contributed by atoms with Crippen LogP contribution in [0.2, 0.25) is 0 Å². The molecule has 0 spiro atoms. The summed E-state index contributed by atoms with van der Waals surface area (Å²) in [5, 5.41) is 6.46. The lowest BCUT2D eigenvalue weighted by molar-refractivity contribution is 0.965. The Balaban J connectivity index is 2.19. The number of hydrogen-bond acceptors (Lipinski definition) is 4. The Morgan fingerprint density at radius 1 is 1.11 bits per heavy atom. The van der Waals surface area contributed by atoms with E-state index in [1.807, 2.05) is 18.2 Å². The van der Waals surface area contributed by atoms with Crippen molar-refractivity contribution in [3.8, 4) is 0 Å². The Bertz CT molecular complexity index is 540. The maximum absolute atomic E-state index is 4.46. The van der Waals surface area contributed by atoms with Crippen molar-refractivity contribution < 1.29 is 0 Å². The lowest BCUT2D eigenvalue weighted by atomic mass is 10.3. The van der Waals surface area contributed by atoms with Gasteiger partial charge in [-0.15, -0.1) is 0 Å². The normalized spacial score (nSPS) is 10.3. The molecule has 1 heterocycles. The first-order valence-corrected chi connectivity index (χ1v) is 7.56. The van der Waals surface area contributed by atoms with Gasteiger partial charge in [0.05, 0.1) is 18.1 Å². The molecule has 100 valence electrons. The van der Waals surface area contributed by atoms with Crippen LogP contribution in [0.15, 0.2) is 39.5 Å². The second-order valence-electron chi connectivity index (χ2n) is 3.94. The average molecular weight is 386 g/mol. The number of nitrogens with one attached hydrogen (secondary N) is 2. The molecule has 0 fully saturated rings. The summed E-state index contributed by atoms with van der Waals surface area (Å²) in [6.45, 7) is 3.00. The van der Waals surface area contributed by atoms with Crippen LogP contribution in [0, 0.1) is 0 Å². The molecule has 2 N–H and O–H groups in total. The molecule has 0 unspecified atom stereocenters. The molecule has 0 aliphatic carbocycles. The first kappa shape index (κ1) is 14.3. The predicted molar refractivity (Wildman–Crippen MR) is 85.9 cm³/mol. The van der Waals surface area contributed by atoms with Crippen molar-refractivity contribution in [3.05, 3.63) is 39.5 Å². The fourth-order valence-electron chi connectivity index (χ4n) is 1.51. The van der Waals surface area contributed by atoms with Crippen molar-refractivity contribution in [2.45, 2.75) is 13.3 Å². The molecule has 0 amide bonds. The molecule has 0 saturated carbocycles. The zero-order valence-electron chi connectivity index (χ0n) is 10.5. The van der Waals surface area contributed by atoms with Crippen LogP contribution in [-0.2, 0) is 0 Å². The van der Waals surface area contributed by atoms with E-state index in [9.17, 15) is 0 Å². The van der Waals surface area contributed by atoms with Crippen molar-refractivity contribution in [2.75, 3.05) is 17.2 Å². The van der Waals surface area contributed by atoms with E-state index in [-0.39, 0.29) is 0 Å². The SMILES string of the molecule is CCCNc1cncc(Nc2c(Br)cccc2Br)n1. The van der Waals surface area contributed by atoms with E-state index in [0.717, 1.165) is 33.4 Å². The Morgan fingerprint density at radius 3 is 2.47 bits per heavy atom. The summed E-state index contributed by atoms with van der Waals surface area (Å²) < 4.78 is 1.94. The summed E-state index contributed by atoms with van der Waals surface area (Å²) in [5.41, 5.74) is 0.935. The third kappa shape index (κ3) is 3.91. The van der Waals surface area contributed by atoms with Gasteiger partial charge in [-0.05, 0) is 50.4 Å². The van der Waals surface area contributed by atoms with Gasteiger partial charge >= 0.3 is 0 Å². The number of aromatic nitrogens is 2. The standard InChI is InChI=1S/C13H14Br2N4/c1-2-6-17-11-7-16-8-12(18-11)19-13-9(14)4-3-5-10(13)15/h3-5,7-8H,2,6H2,1H3,(H2,17,18,19). The third-order valence-corrected chi connectivity index (χ3v) is 3.73. The fourth-order valence-corrected chi connectivity index (χ4v) is 2.71. The Labute approximate surface area is 129 Å². The summed E-state index contributed by atoms with van der Waals surface area (Å²) in [6.07, 6.45) is 4.47. The first-order chi connectivity index (χ1) is 9.20. The maximum Gasteiger partial charge on any atom is 0.151 e. The highest BCUT2D eigenvalue weighted by Crippen LogP contribution is 2.32. The summed E-state index contributed by atoms with van der Waals surface area (Å²) in [5.74, 6) is 1.48. The van der Waals surface area contributed by atoms with Gasteiger partial charge in [-0.3, -0.25) is 4.98 Å². The highest BCUT2D eigenvalue weighted by Gasteiger charge is 2.06. The minimum absolute atomic E-state index is 0.703. The maximum atomic E-state index is 4.46. The number of para-hydroxylation sites is 1. The van der Waals surface area contributed by atoms with Crippen LogP contribution in [0.25, 0.3) is 0 Å². The number of anilines is 3. The van der Waals surface area contributed by atoms with Gasteiger partial charge in [-0.2, -0.15) is 0 Å². The zero-order valence-corrected chi connectivity index (χ0v) is 13.6. The molecule has 0 bridgehead atoms. The lowest BCUT2D eigenvalue weighted by Crippen LogP contribution is -2.04. The molecule has 0 radical (unpaired) electrons. The lowest BCUT2D eigenvalue weighted by Gasteiger charge is -2.11. The van der Waals surface area contributed by atoms with Crippen LogP contribution in [0.5, 0.6) is 0 Å². The molecule has 2 rings (SSSR count). The van der Waals surface area contributed by atoms with Gasteiger partial charge in [0.2, 0.25) is 0 Å². The molecule has 1 aromatic carbocycles. The van der Waals surface area contributed by atoms with Crippen molar-refractivity contribution in [1.29, 1.82) is 0 Å². The number of halogens is 2. The molecule has 0 aliphatic heterocycles. The molecular formula is C13H14Br2N4. The highest BCUT2D eigenvalue weighted by atomic mass is 79.9. The molecular weight excluding hydrogens is 372 g/mol. The quantitative estimate of drug-likeness (QED) is 0.791. The Kier molecular flexibility index (Phi) is 5.15. The van der Waals surface area contributed by atoms with E-state index in [2.05, 4.69) is 59.4 Å². The first-order valence-electron chi connectivity index (χ1n) is 5.97. The minimum Gasteiger partial charge on any atom is -0.369 e. The van der Waals surface area contributed by atoms with Crippen LogP contribution in [0.4, 0.5) is 17.3 Å². The average Bonchev–Trinajstić information content (AvgIpc) is 2.41. The largest absolute Gasteiger partial charge is 0.369 e. The third-order valence-electron chi connectivity index (χ3n) is 2.41. The minimum atomic E-state index is 0.703. The van der Waals surface area contributed by atoms with E-state index >= 15 is 0 Å². The van der Waals surface area contributed by atoms with E-state index in [0.29, 0.717) is 5.82 Å². The molecule has 4 nitrogen and oxygen atoms in total. The van der Waals surface area contributed by atoms with Crippen molar-refractivity contribution >= 4 is 49.2 Å². The molecule has 0 aliphatic rings. The number of benzene rings is 1. The van der Waals surface area contributed by atoms with Crippen LogP contribution in [0.1, 0.15) is 13.3 Å². The van der Waals surface area contributed by atoms with Crippen molar-refractivity contribution in [1.82, 2.24) is 9.97 Å². The topological polar surface area (TPSA) is 49.8 Å². The molecule has 6 heteroatoms. The summed E-state index contributed by atoms with van der Waals surface area (Å²) in [7, 11) is 0. The van der Waals surface area contributed by atoms with Crippen LogP contribution < -0.4 is 10.6 Å². The van der Waals surface area contributed by atoms with Crippen LogP contribution >= 0.6 is 31.9 Å². The van der Waals surface area contributed by atoms with Gasteiger partial charge in [-0.25, -0.2) is 4.98 Å².